The van der Waals surface area contributed by atoms with Gasteiger partial charge in [0.05, 0.1) is 15.8 Å². The van der Waals surface area contributed by atoms with E-state index in [1.807, 2.05) is 6.92 Å². The number of nitrogens with one attached hydrogen (secondary N) is 1. The minimum absolute atomic E-state index is 0.00834. The summed E-state index contributed by atoms with van der Waals surface area (Å²) in [6.45, 7) is 2.17. The van der Waals surface area contributed by atoms with E-state index in [1.54, 1.807) is 31.3 Å². The van der Waals surface area contributed by atoms with E-state index in [0.717, 1.165) is 11.1 Å². The number of rotatable bonds is 7. The summed E-state index contributed by atoms with van der Waals surface area (Å²) in [5, 5.41) is 12.9. The fraction of sp³-hybridized carbons (Fsp3) is 0.278. The standard InChI is InChI=1S/C18H24N4O5S2/c1-13(15-5-9-17(10-6-15)29(20,26)27)22(2)18(23)21-12-11-14-3-7-16(8-4-14)28(19,24)25/h3-10,13H,11-12H2,1-2H3,(H,21,23)(H2,19,24,25)(H2,20,26,27)/t13-/m0/s1. The number of carbonyl (C=O) groups excluding carboxylic acids is 1. The second kappa shape index (κ2) is 8.91. The maximum absolute atomic E-state index is 12.4. The Morgan fingerprint density at radius 1 is 0.931 bits per heavy atom. The zero-order chi connectivity index (χ0) is 21.8. The van der Waals surface area contributed by atoms with Gasteiger partial charge in [0.1, 0.15) is 0 Å². The topological polar surface area (TPSA) is 153 Å². The van der Waals surface area contributed by atoms with Crippen LogP contribution in [0.2, 0.25) is 0 Å². The molecule has 1 atom stereocenters. The van der Waals surface area contributed by atoms with Crippen LogP contribution in [0, 0.1) is 0 Å². The van der Waals surface area contributed by atoms with E-state index < -0.39 is 20.0 Å². The molecule has 0 saturated heterocycles. The summed E-state index contributed by atoms with van der Waals surface area (Å²) in [7, 11) is -5.86. The number of amides is 2. The number of nitrogens with zero attached hydrogens (tertiary/aromatic N) is 1. The summed E-state index contributed by atoms with van der Waals surface area (Å²) >= 11 is 0. The first-order valence-electron chi connectivity index (χ1n) is 8.65. The molecular weight excluding hydrogens is 416 g/mol. The average Bonchev–Trinajstić information content (AvgIpc) is 2.66. The van der Waals surface area contributed by atoms with Crippen molar-refractivity contribution in [2.45, 2.75) is 29.2 Å². The number of hydrogen-bond donors (Lipinski definition) is 3. The highest BCUT2D eigenvalue weighted by Crippen LogP contribution is 2.20. The third kappa shape index (κ3) is 6.26. The molecule has 5 N–H and O–H groups in total. The van der Waals surface area contributed by atoms with Crippen molar-refractivity contribution in [3.05, 3.63) is 59.7 Å². The Morgan fingerprint density at radius 2 is 1.38 bits per heavy atom. The van der Waals surface area contributed by atoms with Crippen molar-refractivity contribution in [1.82, 2.24) is 10.2 Å². The Bertz CT molecular complexity index is 1070. The molecule has 0 spiro atoms. The normalized spacial score (nSPS) is 13.0. The summed E-state index contributed by atoms with van der Waals surface area (Å²) in [4.78, 5) is 13.9. The number of benzene rings is 2. The molecule has 9 nitrogen and oxygen atoms in total. The van der Waals surface area contributed by atoms with Gasteiger partial charge in [-0.25, -0.2) is 31.9 Å². The molecule has 0 unspecified atom stereocenters. The minimum atomic E-state index is -3.76. The van der Waals surface area contributed by atoms with Gasteiger partial charge >= 0.3 is 6.03 Å². The maximum Gasteiger partial charge on any atom is 0.317 e. The van der Waals surface area contributed by atoms with Gasteiger partial charge in [0, 0.05) is 13.6 Å². The third-order valence-corrected chi connectivity index (χ3v) is 6.39. The summed E-state index contributed by atoms with van der Waals surface area (Å²) in [5.41, 5.74) is 1.61. The van der Waals surface area contributed by atoms with Gasteiger partial charge in [0.25, 0.3) is 0 Å². The lowest BCUT2D eigenvalue weighted by molar-refractivity contribution is 0.194. The van der Waals surface area contributed by atoms with Gasteiger partial charge < -0.3 is 10.2 Å². The Morgan fingerprint density at radius 3 is 1.83 bits per heavy atom. The summed E-state index contributed by atoms with van der Waals surface area (Å²) in [5.74, 6) is 0. The molecule has 0 saturated carbocycles. The van der Waals surface area contributed by atoms with E-state index in [-0.39, 0.29) is 21.9 Å². The molecule has 0 aliphatic rings. The lowest BCUT2D eigenvalue weighted by Crippen LogP contribution is -2.39. The van der Waals surface area contributed by atoms with Crippen molar-refractivity contribution in [2.24, 2.45) is 10.3 Å². The monoisotopic (exact) mass is 440 g/mol. The van der Waals surface area contributed by atoms with Crippen molar-refractivity contribution in [3.8, 4) is 0 Å². The molecule has 2 amide bonds. The molecule has 11 heteroatoms. The van der Waals surface area contributed by atoms with Crippen LogP contribution < -0.4 is 15.6 Å². The fourth-order valence-electron chi connectivity index (χ4n) is 2.62. The predicted octanol–water partition coefficient (Wildman–Crippen LogP) is 0.927. The Kier molecular flexibility index (Phi) is 7.01. The van der Waals surface area contributed by atoms with Crippen molar-refractivity contribution in [1.29, 1.82) is 0 Å². The van der Waals surface area contributed by atoms with E-state index in [2.05, 4.69) is 5.32 Å². The van der Waals surface area contributed by atoms with E-state index in [1.165, 1.54) is 29.2 Å². The number of sulfonamides is 2. The van der Waals surface area contributed by atoms with Gasteiger partial charge in [-0.2, -0.15) is 0 Å². The molecule has 0 fully saturated rings. The molecule has 0 bridgehead atoms. The lowest BCUT2D eigenvalue weighted by Gasteiger charge is -2.25. The zero-order valence-electron chi connectivity index (χ0n) is 16.1. The number of carbonyl (C=O) groups is 1. The molecule has 158 valence electrons. The van der Waals surface area contributed by atoms with Crippen LogP contribution in [-0.2, 0) is 26.5 Å². The van der Waals surface area contributed by atoms with Crippen LogP contribution in [0.5, 0.6) is 0 Å². The minimum Gasteiger partial charge on any atom is -0.338 e. The van der Waals surface area contributed by atoms with Gasteiger partial charge in [-0.3, -0.25) is 0 Å². The number of hydrogen-bond acceptors (Lipinski definition) is 5. The fourth-order valence-corrected chi connectivity index (χ4v) is 3.65. The van der Waals surface area contributed by atoms with Gasteiger partial charge in [-0.1, -0.05) is 24.3 Å². The lowest BCUT2D eigenvalue weighted by atomic mass is 10.1. The number of urea groups is 1. The Balaban J connectivity index is 1.91. The van der Waals surface area contributed by atoms with Crippen molar-refractivity contribution >= 4 is 26.1 Å². The first-order chi connectivity index (χ1) is 13.4. The molecule has 0 aromatic heterocycles. The highest BCUT2D eigenvalue weighted by molar-refractivity contribution is 7.89. The Labute approximate surface area is 170 Å². The van der Waals surface area contributed by atoms with Crippen LogP contribution in [0.15, 0.2) is 58.3 Å². The number of primary sulfonamides is 2. The van der Waals surface area contributed by atoms with Crippen LogP contribution in [-0.4, -0.2) is 41.4 Å². The molecule has 2 aromatic rings. The molecule has 0 aliphatic carbocycles. The molecule has 0 aliphatic heterocycles. The first kappa shape index (κ1) is 22.8. The molecule has 2 rings (SSSR count). The van der Waals surface area contributed by atoms with E-state index >= 15 is 0 Å². The number of nitrogens with two attached hydrogens (primary N) is 2. The quantitative estimate of drug-likeness (QED) is 0.584. The van der Waals surface area contributed by atoms with Gasteiger partial charge in [-0.15, -0.1) is 0 Å². The molecular formula is C18H24N4O5S2. The van der Waals surface area contributed by atoms with Crippen LogP contribution in [0.25, 0.3) is 0 Å². The van der Waals surface area contributed by atoms with Crippen molar-refractivity contribution in [3.63, 3.8) is 0 Å². The smallest absolute Gasteiger partial charge is 0.317 e. The zero-order valence-corrected chi connectivity index (χ0v) is 17.7. The summed E-state index contributed by atoms with van der Waals surface area (Å²) < 4.78 is 45.2. The molecule has 2 aromatic carbocycles. The average molecular weight is 441 g/mol. The van der Waals surface area contributed by atoms with Crippen LogP contribution in [0.1, 0.15) is 24.1 Å². The SMILES string of the molecule is C[C@@H](c1ccc(S(N)(=O)=O)cc1)N(C)C(=O)NCCc1ccc(S(N)(=O)=O)cc1. The summed E-state index contributed by atoms with van der Waals surface area (Å²) in [6, 6.07) is 11.6. The third-order valence-electron chi connectivity index (χ3n) is 4.53. The maximum atomic E-state index is 12.4. The molecule has 0 heterocycles. The van der Waals surface area contributed by atoms with Crippen molar-refractivity contribution < 1.29 is 21.6 Å². The highest BCUT2D eigenvalue weighted by atomic mass is 32.2. The van der Waals surface area contributed by atoms with E-state index in [4.69, 9.17) is 10.3 Å². The van der Waals surface area contributed by atoms with Gasteiger partial charge in [-0.05, 0) is 48.7 Å². The van der Waals surface area contributed by atoms with Crippen molar-refractivity contribution in [2.75, 3.05) is 13.6 Å². The van der Waals surface area contributed by atoms with Gasteiger partial charge in [0.15, 0.2) is 0 Å². The Hall–Kier alpha value is -2.47. The highest BCUT2D eigenvalue weighted by Gasteiger charge is 2.18. The van der Waals surface area contributed by atoms with E-state index in [0.29, 0.717) is 13.0 Å². The second-order valence-electron chi connectivity index (χ2n) is 6.57. The second-order valence-corrected chi connectivity index (χ2v) is 9.69. The largest absolute Gasteiger partial charge is 0.338 e. The van der Waals surface area contributed by atoms with Crippen LogP contribution in [0.4, 0.5) is 4.79 Å². The van der Waals surface area contributed by atoms with Crippen LogP contribution >= 0.6 is 0 Å². The summed E-state index contributed by atoms with van der Waals surface area (Å²) in [6.07, 6.45) is 0.516. The molecule has 29 heavy (non-hydrogen) atoms. The van der Waals surface area contributed by atoms with E-state index in [9.17, 15) is 21.6 Å². The van der Waals surface area contributed by atoms with Gasteiger partial charge in [0.2, 0.25) is 20.0 Å². The first-order valence-corrected chi connectivity index (χ1v) is 11.7. The molecule has 0 radical (unpaired) electrons. The van der Waals surface area contributed by atoms with Crippen LogP contribution in [0.3, 0.4) is 0 Å². The predicted molar refractivity (Wildman–Crippen MR) is 109 cm³/mol.